The van der Waals surface area contributed by atoms with Gasteiger partial charge >= 0.3 is 0 Å². The van der Waals surface area contributed by atoms with E-state index >= 15 is 0 Å². The van der Waals surface area contributed by atoms with Crippen LogP contribution in [0.2, 0.25) is 0 Å². The average Bonchev–Trinajstić information content (AvgIpc) is 3.26. The van der Waals surface area contributed by atoms with Crippen molar-refractivity contribution in [2.24, 2.45) is 0 Å². The van der Waals surface area contributed by atoms with Gasteiger partial charge in [0.15, 0.2) is 0 Å². The quantitative estimate of drug-likeness (QED) is 0.299. The van der Waals surface area contributed by atoms with Crippen molar-refractivity contribution in [2.45, 2.75) is 13.8 Å². The van der Waals surface area contributed by atoms with Crippen LogP contribution in [0.1, 0.15) is 11.1 Å². The number of furan rings is 2. The van der Waals surface area contributed by atoms with Gasteiger partial charge in [0, 0.05) is 27.1 Å². The molecule has 2 heteroatoms. The van der Waals surface area contributed by atoms with Crippen molar-refractivity contribution < 1.29 is 8.83 Å². The van der Waals surface area contributed by atoms with Crippen molar-refractivity contribution in [3.8, 4) is 11.1 Å². The molecule has 28 heavy (non-hydrogen) atoms. The summed E-state index contributed by atoms with van der Waals surface area (Å²) in [6, 6.07) is 25.1. The molecule has 2 heterocycles. The van der Waals surface area contributed by atoms with E-state index in [1.165, 1.54) is 22.3 Å². The molecule has 0 radical (unpaired) electrons. The Bertz CT molecular complexity index is 1530. The fourth-order valence-corrected chi connectivity index (χ4v) is 4.43. The maximum absolute atomic E-state index is 6.46. The minimum absolute atomic E-state index is 0.898. The third-order valence-electron chi connectivity index (χ3n) is 5.77. The van der Waals surface area contributed by atoms with Crippen LogP contribution in [0.4, 0.5) is 0 Å². The number of fused-ring (bicyclic) bond motifs is 7. The molecule has 0 atom stereocenters. The molecule has 0 N–H and O–H groups in total. The Morgan fingerprint density at radius 2 is 1.25 bits per heavy atom. The predicted octanol–water partition coefficient (Wildman–Crippen LogP) is 7.77. The van der Waals surface area contributed by atoms with E-state index in [9.17, 15) is 0 Å². The normalized spacial score (nSPS) is 11.9. The molecule has 0 bridgehead atoms. The van der Waals surface area contributed by atoms with Gasteiger partial charge in [-0.3, -0.25) is 0 Å². The number of hydrogen-bond acceptors (Lipinski definition) is 2. The first-order chi connectivity index (χ1) is 13.7. The van der Waals surface area contributed by atoms with Crippen molar-refractivity contribution in [3.05, 3.63) is 83.9 Å². The molecule has 6 rings (SSSR count). The average molecular weight is 362 g/mol. The van der Waals surface area contributed by atoms with E-state index in [2.05, 4.69) is 62.4 Å². The largest absolute Gasteiger partial charge is 0.456 e. The van der Waals surface area contributed by atoms with Crippen LogP contribution in [0.25, 0.3) is 55.0 Å². The number of benzene rings is 4. The third kappa shape index (κ3) is 1.97. The van der Waals surface area contributed by atoms with Crippen LogP contribution in [0.3, 0.4) is 0 Å². The monoisotopic (exact) mass is 362 g/mol. The van der Waals surface area contributed by atoms with Gasteiger partial charge in [-0.25, -0.2) is 0 Å². The summed E-state index contributed by atoms with van der Waals surface area (Å²) in [5.41, 5.74) is 8.51. The summed E-state index contributed by atoms with van der Waals surface area (Å²) in [4.78, 5) is 0. The molecule has 0 aliphatic carbocycles. The van der Waals surface area contributed by atoms with Gasteiger partial charge < -0.3 is 8.83 Å². The summed E-state index contributed by atoms with van der Waals surface area (Å²) in [5.74, 6) is 0. The molecule has 2 aromatic heterocycles. The SMILES string of the molecule is Cc1ccccc1-c1c(C)ccc2c1oc1ccc3oc4ccccc4c3c12. The number of hydrogen-bond donors (Lipinski definition) is 0. The van der Waals surface area contributed by atoms with Gasteiger partial charge in [-0.15, -0.1) is 0 Å². The van der Waals surface area contributed by atoms with Crippen LogP contribution in [0.5, 0.6) is 0 Å². The summed E-state index contributed by atoms with van der Waals surface area (Å²) in [5, 5.41) is 4.53. The highest BCUT2D eigenvalue weighted by atomic mass is 16.3. The Labute approximate surface area is 162 Å². The van der Waals surface area contributed by atoms with Crippen molar-refractivity contribution in [2.75, 3.05) is 0 Å². The molecular weight excluding hydrogens is 344 g/mol. The van der Waals surface area contributed by atoms with Crippen molar-refractivity contribution >= 4 is 43.9 Å². The molecule has 0 spiro atoms. The fraction of sp³-hybridized carbons (Fsp3) is 0.0769. The van der Waals surface area contributed by atoms with Crippen LogP contribution in [-0.4, -0.2) is 0 Å². The summed E-state index contributed by atoms with van der Waals surface area (Å²) < 4.78 is 12.6. The van der Waals surface area contributed by atoms with Crippen LogP contribution < -0.4 is 0 Å². The van der Waals surface area contributed by atoms with Crippen LogP contribution in [0.15, 0.2) is 81.6 Å². The number of rotatable bonds is 1. The lowest BCUT2D eigenvalue weighted by molar-refractivity contribution is 0.663. The lowest BCUT2D eigenvalue weighted by Gasteiger charge is -2.09. The first-order valence-corrected chi connectivity index (χ1v) is 9.54. The van der Waals surface area contributed by atoms with E-state index in [0.29, 0.717) is 0 Å². The molecular formula is C26H18O2. The van der Waals surface area contributed by atoms with E-state index < -0.39 is 0 Å². The van der Waals surface area contributed by atoms with Gasteiger partial charge in [0.25, 0.3) is 0 Å². The Morgan fingerprint density at radius 1 is 0.536 bits per heavy atom. The van der Waals surface area contributed by atoms with Crippen LogP contribution in [0, 0.1) is 13.8 Å². The molecule has 0 saturated carbocycles. The summed E-state index contributed by atoms with van der Waals surface area (Å²) in [7, 11) is 0. The second kappa shape index (κ2) is 5.49. The lowest BCUT2D eigenvalue weighted by atomic mass is 9.94. The van der Waals surface area contributed by atoms with E-state index in [0.717, 1.165) is 43.9 Å². The number of aryl methyl sites for hydroxylation is 2. The molecule has 0 fully saturated rings. The molecule has 0 saturated heterocycles. The molecule has 0 amide bonds. The van der Waals surface area contributed by atoms with Crippen LogP contribution >= 0.6 is 0 Å². The van der Waals surface area contributed by atoms with Crippen molar-refractivity contribution in [3.63, 3.8) is 0 Å². The van der Waals surface area contributed by atoms with Gasteiger partial charge in [-0.1, -0.05) is 54.6 Å². The van der Waals surface area contributed by atoms with Gasteiger partial charge in [-0.2, -0.15) is 0 Å². The molecule has 6 aromatic rings. The van der Waals surface area contributed by atoms with Crippen LogP contribution in [-0.2, 0) is 0 Å². The minimum Gasteiger partial charge on any atom is -0.456 e. The first-order valence-electron chi connectivity index (χ1n) is 9.54. The third-order valence-corrected chi connectivity index (χ3v) is 5.77. The van der Waals surface area contributed by atoms with E-state index in [1.54, 1.807) is 0 Å². The molecule has 0 aliphatic rings. The smallest absolute Gasteiger partial charge is 0.143 e. The zero-order valence-corrected chi connectivity index (χ0v) is 15.7. The standard InChI is InChI=1S/C26H18O2/c1-15-7-3-4-8-17(15)23-16(2)11-12-19-25-22(28-26(19)23)14-13-21-24(25)18-9-5-6-10-20(18)27-21/h3-14H,1-2H3. The summed E-state index contributed by atoms with van der Waals surface area (Å²) in [6.45, 7) is 4.30. The minimum atomic E-state index is 0.898. The fourth-order valence-electron chi connectivity index (χ4n) is 4.43. The molecule has 134 valence electrons. The Balaban J connectivity index is 1.84. The Hall–Kier alpha value is -3.52. The highest BCUT2D eigenvalue weighted by molar-refractivity contribution is 6.26. The van der Waals surface area contributed by atoms with Crippen molar-refractivity contribution in [1.82, 2.24) is 0 Å². The molecule has 0 unspecified atom stereocenters. The van der Waals surface area contributed by atoms with Gasteiger partial charge in [0.05, 0.1) is 0 Å². The maximum atomic E-state index is 6.46. The van der Waals surface area contributed by atoms with Gasteiger partial charge in [-0.05, 0) is 48.7 Å². The highest BCUT2D eigenvalue weighted by Crippen LogP contribution is 2.43. The Morgan fingerprint density at radius 3 is 2.11 bits per heavy atom. The van der Waals surface area contributed by atoms with Crippen molar-refractivity contribution in [1.29, 1.82) is 0 Å². The topological polar surface area (TPSA) is 26.3 Å². The first kappa shape index (κ1) is 15.5. The van der Waals surface area contributed by atoms with Gasteiger partial charge in [0.2, 0.25) is 0 Å². The lowest BCUT2D eigenvalue weighted by Crippen LogP contribution is -1.87. The zero-order valence-electron chi connectivity index (χ0n) is 15.7. The van der Waals surface area contributed by atoms with E-state index in [1.807, 2.05) is 24.3 Å². The summed E-state index contributed by atoms with van der Waals surface area (Å²) >= 11 is 0. The molecule has 4 aromatic carbocycles. The zero-order chi connectivity index (χ0) is 18.8. The summed E-state index contributed by atoms with van der Waals surface area (Å²) in [6.07, 6.45) is 0. The van der Waals surface area contributed by atoms with E-state index in [4.69, 9.17) is 8.83 Å². The second-order valence-electron chi connectivity index (χ2n) is 7.46. The number of para-hydroxylation sites is 1. The van der Waals surface area contributed by atoms with Gasteiger partial charge in [0.1, 0.15) is 22.3 Å². The van der Waals surface area contributed by atoms with E-state index in [-0.39, 0.29) is 0 Å². The molecule has 0 aliphatic heterocycles. The maximum Gasteiger partial charge on any atom is 0.143 e. The highest BCUT2D eigenvalue weighted by Gasteiger charge is 2.19. The predicted molar refractivity (Wildman–Crippen MR) is 116 cm³/mol. The Kier molecular flexibility index (Phi) is 3.05. The molecule has 2 nitrogen and oxygen atoms in total. The second-order valence-corrected chi connectivity index (χ2v) is 7.46.